The smallest absolute Gasteiger partial charge is 0.161 e. The summed E-state index contributed by atoms with van der Waals surface area (Å²) in [7, 11) is 0. The number of halogens is 1. The van der Waals surface area contributed by atoms with Crippen LogP contribution in [0.4, 0.5) is 5.69 Å². The van der Waals surface area contributed by atoms with Gasteiger partial charge in [-0.3, -0.25) is 0 Å². The molecule has 2 aromatic rings. The zero-order valence-corrected chi connectivity index (χ0v) is 13.6. The number of benzene rings is 2. The van der Waals surface area contributed by atoms with Crippen LogP contribution in [0.25, 0.3) is 0 Å². The van der Waals surface area contributed by atoms with Crippen LogP contribution in [-0.2, 0) is 6.54 Å². The molecular weight excluding hydrogens is 330 g/mol. The zero-order valence-electron chi connectivity index (χ0n) is 12.0. The van der Waals surface area contributed by atoms with Crippen molar-refractivity contribution in [1.29, 1.82) is 0 Å². The van der Waals surface area contributed by atoms with E-state index in [4.69, 9.17) is 9.47 Å². The topological polar surface area (TPSA) is 30.5 Å². The van der Waals surface area contributed by atoms with Crippen LogP contribution >= 0.6 is 15.9 Å². The van der Waals surface area contributed by atoms with Gasteiger partial charge in [-0.1, -0.05) is 22.0 Å². The van der Waals surface area contributed by atoms with Gasteiger partial charge in [0.1, 0.15) is 0 Å². The van der Waals surface area contributed by atoms with E-state index >= 15 is 0 Å². The number of fused-ring (bicyclic) bond motifs is 1. The monoisotopic (exact) mass is 347 g/mol. The molecule has 0 aromatic heterocycles. The van der Waals surface area contributed by atoms with Gasteiger partial charge in [0.15, 0.2) is 11.5 Å². The zero-order chi connectivity index (χ0) is 14.7. The average Bonchev–Trinajstić information content (AvgIpc) is 2.73. The van der Waals surface area contributed by atoms with Crippen molar-refractivity contribution in [2.45, 2.75) is 19.9 Å². The van der Waals surface area contributed by atoms with Gasteiger partial charge in [-0.05, 0) is 48.4 Å². The summed E-state index contributed by atoms with van der Waals surface area (Å²) in [6.07, 6.45) is 0.931. The molecule has 1 N–H and O–H groups in total. The Labute approximate surface area is 133 Å². The second-order valence-corrected chi connectivity index (χ2v) is 6.00. The lowest BCUT2D eigenvalue weighted by Crippen LogP contribution is -2.01. The second kappa shape index (κ2) is 6.39. The maximum absolute atomic E-state index is 5.72. The van der Waals surface area contributed by atoms with Gasteiger partial charge in [-0.15, -0.1) is 0 Å². The van der Waals surface area contributed by atoms with E-state index in [-0.39, 0.29) is 0 Å². The van der Waals surface area contributed by atoms with E-state index in [1.54, 1.807) is 0 Å². The normalized spacial score (nSPS) is 13.6. The van der Waals surface area contributed by atoms with Crippen molar-refractivity contribution in [2.75, 3.05) is 18.5 Å². The van der Waals surface area contributed by atoms with Crippen molar-refractivity contribution in [1.82, 2.24) is 0 Å². The molecule has 0 spiro atoms. The summed E-state index contributed by atoms with van der Waals surface area (Å²) in [5.41, 5.74) is 3.52. The van der Waals surface area contributed by atoms with Crippen molar-refractivity contribution in [2.24, 2.45) is 0 Å². The molecule has 3 rings (SSSR count). The number of nitrogens with one attached hydrogen (secondary N) is 1. The molecule has 21 heavy (non-hydrogen) atoms. The molecular formula is C17H18BrNO2. The third kappa shape index (κ3) is 3.50. The van der Waals surface area contributed by atoms with E-state index in [9.17, 15) is 0 Å². The summed E-state index contributed by atoms with van der Waals surface area (Å²) in [6, 6.07) is 12.4. The van der Waals surface area contributed by atoms with E-state index in [0.29, 0.717) is 0 Å². The predicted molar refractivity (Wildman–Crippen MR) is 88.3 cm³/mol. The summed E-state index contributed by atoms with van der Waals surface area (Å²) in [5.74, 6) is 1.69. The van der Waals surface area contributed by atoms with E-state index in [2.05, 4.69) is 58.5 Å². The Bertz CT molecular complexity index is 643. The number of aryl methyl sites for hydroxylation is 1. The van der Waals surface area contributed by atoms with Gasteiger partial charge in [0.2, 0.25) is 0 Å². The van der Waals surface area contributed by atoms with Gasteiger partial charge in [0.05, 0.1) is 13.2 Å². The second-order valence-electron chi connectivity index (χ2n) is 5.15. The average molecular weight is 348 g/mol. The number of anilines is 1. The van der Waals surface area contributed by atoms with Gasteiger partial charge in [0, 0.05) is 23.1 Å². The Hall–Kier alpha value is -1.68. The maximum atomic E-state index is 5.72. The molecule has 0 amide bonds. The van der Waals surface area contributed by atoms with E-state index in [0.717, 1.165) is 47.8 Å². The standard InChI is InChI=1S/C17H18BrNO2/c1-12-9-14(4-5-15(12)18)19-11-13-3-6-16-17(10-13)21-8-2-7-20-16/h3-6,9-10,19H,2,7-8,11H2,1H3. The van der Waals surface area contributed by atoms with E-state index < -0.39 is 0 Å². The molecule has 4 heteroatoms. The van der Waals surface area contributed by atoms with Crippen LogP contribution in [-0.4, -0.2) is 13.2 Å². The lowest BCUT2D eigenvalue weighted by atomic mass is 10.2. The summed E-state index contributed by atoms with van der Waals surface area (Å²) >= 11 is 3.52. The highest BCUT2D eigenvalue weighted by Gasteiger charge is 2.10. The molecule has 0 saturated carbocycles. The molecule has 1 heterocycles. The fourth-order valence-corrected chi connectivity index (χ4v) is 2.52. The van der Waals surface area contributed by atoms with Crippen LogP contribution in [0, 0.1) is 6.92 Å². The summed E-state index contributed by atoms with van der Waals surface area (Å²) in [4.78, 5) is 0. The molecule has 0 atom stereocenters. The molecule has 1 aliphatic rings. The molecule has 0 fully saturated rings. The van der Waals surface area contributed by atoms with Crippen LogP contribution in [0.1, 0.15) is 17.5 Å². The predicted octanol–water partition coefficient (Wildman–Crippen LogP) is 4.53. The highest BCUT2D eigenvalue weighted by Crippen LogP contribution is 2.30. The minimum Gasteiger partial charge on any atom is -0.490 e. The van der Waals surface area contributed by atoms with E-state index in [1.807, 2.05) is 6.07 Å². The summed E-state index contributed by atoms with van der Waals surface area (Å²) < 4.78 is 12.5. The van der Waals surface area contributed by atoms with Gasteiger partial charge in [-0.2, -0.15) is 0 Å². The Morgan fingerprint density at radius 1 is 1.05 bits per heavy atom. The molecule has 3 nitrogen and oxygen atoms in total. The van der Waals surface area contributed by atoms with E-state index in [1.165, 1.54) is 11.1 Å². The molecule has 0 aliphatic carbocycles. The third-order valence-electron chi connectivity index (χ3n) is 3.47. The highest BCUT2D eigenvalue weighted by molar-refractivity contribution is 9.10. The minimum atomic E-state index is 0.718. The van der Waals surface area contributed by atoms with Crippen LogP contribution in [0.2, 0.25) is 0 Å². The molecule has 0 saturated heterocycles. The summed E-state index contributed by atoms with van der Waals surface area (Å²) in [6.45, 7) is 4.29. The minimum absolute atomic E-state index is 0.718. The number of hydrogen-bond acceptors (Lipinski definition) is 3. The Morgan fingerprint density at radius 2 is 1.86 bits per heavy atom. The van der Waals surface area contributed by atoms with Crippen molar-refractivity contribution in [3.63, 3.8) is 0 Å². The maximum Gasteiger partial charge on any atom is 0.161 e. The molecule has 110 valence electrons. The van der Waals surface area contributed by atoms with Gasteiger partial charge in [-0.25, -0.2) is 0 Å². The van der Waals surface area contributed by atoms with Gasteiger partial charge < -0.3 is 14.8 Å². The third-order valence-corrected chi connectivity index (χ3v) is 4.36. The Kier molecular flexibility index (Phi) is 4.34. The van der Waals surface area contributed by atoms with Crippen molar-refractivity contribution in [3.05, 3.63) is 52.0 Å². The van der Waals surface area contributed by atoms with Crippen LogP contribution < -0.4 is 14.8 Å². The first-order valence-corrected chi connectivity index (χ1v) is 7.90. The first-order valence-electron chi connectivity index (χ1n) is 7.11. The van der Waals surface area contributed by atoms with Crippen molar-refractivity contribution < 1.29 is 9.47 Å². The quantitative estimate of drug-likeness (QED) is 0.884. The first-order chi connectivity index (χ1) is 10.2. The molecule has 1 aliphatic heterocycles. The Morgan fingerprint density at radius 3 is 2.67 bits per heavy atom. The molecule has 2 aromatic carbocycles. The lowest BCUT2D eigenvalue weighted by Gasteiger charge is -2.11. The molecule has 0 radical (unpaired) electrons. The fraction of sp³-hybridized carbons (Fsp3) is 0.294. The molecule has 0 bridgehead atoms. The van der Waals surface area contributed by atoms with Crippen LogP contribution in [0.3, 0.4) is 0 Å². The van der Waals surface area contributed by atoms with Crippen LogP contribution in [0.15, 0.2) is 40.9 Å². The van der Waals surface area contributed by atoms with Gasteiger partial charge in [0.25, 0.3) is 0 Å². The largest absolute Gasteiger partial charge is 0.490 e. The molecule has 0 unspecified atom stereocenters. The Balaban J connectivity index is 1.70. The number of rotatable bonds is 3. The van der Waals surface area contributed by atoms with Crippen molar-refractivity contribution in [3.8, 4) is 11.5 Å². The number of hydrogen-bond donors (Lipinski definition) is 1. The lowest BCUT2D eigenvalue weighted by molar-refractivity contribution is 0.297. The SMILES string of the molecule is Cc1cc(NCc2ccc3c(c2)OCCCO3)ccc1Br. The number of ether oxygens (including phenoxy) is 2. The first kappa shape index (κ1) is 14.3. The highest BCUT2D eigenvalue weighted by atomic mass is 79.9. The summed E-state index contributed by atoms with van der Waals surface area (Å²) in [5, 5.41) is 3.43. The fourth-order valence-electron chi connectivity index (χ4n) is 2.28. The van der Waals surface area contributed by atoms with Crippen molar-refractivity contribution >= 4 is 21.6 Å². The van der Waals surface area contributed by atoms with Crippen LogP contribution in [0.5, 0.6) is 11.5 Å². The van der Waals surface area contributed by atoms with Gasteiger partial charge >= 0.3 is 0 Å².